The Bertz CT molecular complexity index is 1140. The number of hydrogen-bond donors (Lipinski definition) is 0. The summed E-state index contributed by atoms with van der Waals surface area (Å²) in [5, 5.41) is 0.670. The fourth-order valence-corrected chi connectivity index (χ4v) is 4.17. The van der Waals surface area contributed by atoms with Crippen LogP contribution in [0, 0.1) is 0 Å². The zero-order valence-electron chi connectivity index (χ0n) is 19.6. The van der Waals surface area contributed by atoms with Gasteiger partial charge in [-0.2, -0.15) is 4.98 Å². The first-order valence-electron chi connectivity index (χ1n) is 11.0. The minimum Gasteiger partial charge on any atom is -0.495 e. The van der Waals surface area contributed by atoms with E-state index in [1.54, 1.807) is 25.3 Å². The monoisotopic (exact) mass is 481 g/mol. The average molecular weight is 482 g/mol. The van der Waals surface area contributed by atoms with Gasteiger partial charge in [0, 0.05) is 51.0 Å². The van der Waals surface area contributed by atoms with Crippen molar-refractivity contribution < 1.29 is 14.3 Å². The Kier molecular flexibility index (Phi) is 7.37. The maximum absolute atomic E-state index is 13.0. The lowest BCUT2D eigenvalue weighted by Gasteiger charge is -2.36. The SMILES string of the molecule is COc1ccc(Cl)cc1N1CCN(c2ncc(C(=O)N(C)Cc3ccccc3)c(OC)n2)CC1. The first-order chi connectivity index (χ1) is 16.5. The number of hydrogen-bond acceptors (Lipinski definition) is 7. The zero-order chi connectivity index (χ0) is 24.1. The Morgan fingerprint density at radius 2 is 1.74 bits per heavy atom. The van der Waals surface area contributed by atoms with Crippen molar-refractivity contribution in [2.45, 2.75) is 6.54 Å². The van der Waals surface area contributed by atoms with Gasteiger partial charge in [-0.1, -0.05) is 41.9 Å². The predicted octanol–water partition coefficient (Wildman–Crippen LogP) is 3.75. The molecule has 0 radical (unpaired) electrons. The van der Waals surface area contributed by atoms with Crippen molar-refractivity contribution in [3.05, 3.63) is 70.9 Å². The largest absolute Gasteiger partial charge is 0.495 e. The lowest BCUT2D eigenvalue weighted by molar-refractivity contribution is 0.0780. The van der Waals surface area contributed by atoms with Gasteiger partial charge in [-0.05, 0) is 23.8 Å². The highest BCUT2D eigenvalue weighted by Crippen LogP contribution is 2.32. The van der Waals surface area contributed by atoms with Crippen LogP contribution in [0.5, 0.6) is 11.6 Å². The molecule has 1 aliphatic heterocycles. The third-order valence-electron chi connectivity index (χ3n) is 5.82. The van der Waals surface area contributed by atoms with Crippen molar-refractivity contribution in [2.24, 2.45) is 0 Å². The molecule has 8 nitrogen and oxygen atoms in total. The summed E-state index contributed by atoms with van der Waals surface area (Å²) in [6, 6.07) is 15.4. The second kappa shape index (κ2) is 10.6. The Morgan fingerprint density at radius 1 is 1.03 bits per heavy atom. The molecule has 0 atom stereocenters. The van der Waals surface area contributed by atoms with Crippen LogP contribution >= 0.6 is 11.6 Å². The number of ether oxygens (including phenoxy) is 2. The third kappa shape index (κ3) is 5.17. The number of anilines is 2. The molecule has 0 aliphatic carbocycles. The van der Waals surface area contributed by atoms with Crippen molar-refractivity contribution in [3.63, 3.8) is 0 Å². The molecule has 178 valence electrons. The number of nitrogens with zero attached hydrogens (tertiary/aromatic N) is 5. The molecule has 3 aromatic rings. The maximum Gasteiger partial charge on any atom is 0.260 e. The first kappa shape index (κ1) is 23.6. The number of carbonyl (C=O) groups is 1. The molecule has 2 heterocycles. The number of methoxy groups -OCH3 is 2. The molecule has 0 bridgehead atoms. The standard InChI is InChI=1S/C25H28ClN5O3/c1-29(17-18-7-5-4-6-8-18)24(32)20-16-27-25(28-23(20)34-3)31-13-11-30(12-14-31)21-15-19(26)9-10-22(21)33-2/h4-10,15-16H,11-14,17H2,1-3H3. The normalized spacial score (nSPS) is 13.5. The van der Waals surface area contributed by atoms with Gasteiger partial charge in [0.05, 0.1) is 19.9 Å². The number of benzene rings is 2. The number of halogens is 1. The number of aromatic nitrogens is 2. The van der Waals surface area contributed by atoms with Crippen molar-refractivity contribution in [1.29, 1.82) is 0 Å². The van der Waals surface area contributed by atoms with E-state index in [0.717, 1.165) is 30.1 Å². The number of carbonyl (C=O) groups excluding carboxylic acids is 1. The molecular weight excluding hydrogens is 454 g/mol. The Morgan fingerprint density at radius 3 is 2.41 bits per heavy atom. The molecule has 0 N–H and O–H groups in total. The van der Waals surface area contributed by atoms with Crippen molar-refractivity contribution >= 4 is 29.1 Å². The summed E-state index contributed by atoms with van der Waals surface area (Å²) in [7, 11) is 4.93. The van der Waals surface area contributed by atoms with E-state index in [0.29, 0.717) is 36.2 Å². The molecule has 1 amide bonds. The van der Waals surface area contributed by atoms with E-state index in [9.17, 15) is 4.79 Å². The molecule has 34 heavy (non-hydrogen) atoms. The van der Waals surface area contributed by atoms with E-state index < -0.39 is 0 Å². The van der Waals surface area contributed by atoms with Crippen LogP contribution in [-0.4, -0.2) is 68.2 Å². The lowest BCUT2D eigenvalue weighted by Crippen LogP contribution is -2.47. The summed E-state index contributed by atoms with van der Waals surface area (Å²) in [6.45, 7) is 3.41. The summed E-state index contributed by atoms with van der Waals surface area (Å²) in [5.41, 5.74) is 2.35. The van der Waals surface area contributed by atoms with Crippen molar-refractivity contribution in [2.75, 3.05) is 57.2 Å². The van der Waals surface area contributed by atoms with Gasteiger partial charge in [0.1, 0.15) is 11.3 Å². The molecule has 0 spiro atoms. The highest BCUT2D eigenvalue weighted by Gasteiger charge is 2.25. The van der Waals surface area contributed by atoms with Crippen LogP contribution < -0.4 is 19.3 Å². The van der Waals surface area contributed by atoms with E-state index in [1.165, 1.54) is 7.11 Å². The van der Waals surface area contributed by atoms with E-state index in [2.05, 4.69) is 19.8 Å². The average Bonchev–Trinajstić information content (AvgIpc) is 2.88. The van der Waals surface area contributed by atoms with Crippen LogP contribution in [0.1, 0.15) is 15.9 Å². The summed E-state index contributed by atoms with van der Waals surface area (Å²) >= 11 is 6.20. The molecule has 1 fully saturated rings. The van der Waals surface area contributed by atoms with Crippen LogP contribution in [-0.2, 0) is 6.54 Å². The second-order valence-corrected chi connectivity index (χ2v) is 8.47. The van der Waals surface area contributed by atoms with Gasteiger partial charge < -0.3 is 24.2 Å². The minimum absolute atomic E-state index is 0.190. The summed E-state index contributed by atoms with van der Waals surface area (Å²) in [6.07, 6.45) is 1.55. The number of amides is 1. The molecule has 0 unspecified atom stereocenters. The predicted molar refractivity (Wildman–Crippen MR) is 133 cm³/mol. The minimum atomic E-state index is -0.190. The lowest BCUT2D eigenvalue weighted by atomic mass is 10.2. The summed E-state index contributed by atoms with van der Waals surface area (Å²) < 4.78 is 11.0. The van der Waals surface area contributed by atoms with Crippen LogP contribution in [0.4, 0.5) is 11.6 Å². The maximum atomic E-state index is 13.0. The molecule has 0 saturated carbocycles. The number of piperazine rings is 1. The van der Waals surface area contributed by atoms with Gasteiger partial charge in [-0.25, -0.2) is 4.98 Å². The molecule has 1 saturated heterocycles. The highest BCUT2D eigenvalue weighted by atomic mass is 35.5. The second-order valence-electron chi connectivity index (χ2n) is 8.03. The summed E-state index contributed by atoms with van der Waals surface area (Å²) in [5.74, 6) is 1.41. The van der Waals surface area contributed by atoms with Gasteiger partial charge in [-0.15, -0.1) is 0 Å². The Hall–Kier alpha value is -3.52. The molecule has 2 aromatic carbocycles. The molecule has 9 heteroatoms. The van der Waals surface area contributed by atoms with Crippen LogP contribution in [0.2, 0.25) is 5.02 Å². The van der Waals surface area contributed by atoms with Gasteiger partial charge in [0.15, 0.2) is 0 Å². The topological polar surface area (TPSA) is 71.0 Å². The van der Waals surface area contributed by atoms with Gasteiger partial charge in [0.25, 0.3) is 5.91 Å². The van der Waals surface area contributed by atoms with Gasteiger partial charge in [0.2, 0.25) is 11.8 Å². The van der Waals surface area contributed by atoms with E-state index >= 15 is 0 Å². The van der Waals surface area contributed by atoms with E-state index in [-0.39, 0.29) is 11.8 Å². The smallest absolute Gasteiger partial charge is 0.260 e. The van der Waals surface area contributed by atoms with Crippen LogP contribution in [0.25, 0.3) is 0 Å². The molecular formula is C25H28ClN5O3. The fourth-order valence-electron chi connectivity index (χ4n) is 4.00. The molecule has 1 aliphatic rings. The van der Waals surface area contributed by atoms with E-state index in [1.807, 2.05) is 48.5 Å². The van der Waals surface area contributed by atoms with Gasteiger partial charge >= 0.3 is 0 Å². The number of rotatable bonds is 7. The Labute approximate surface area is 204 Å². The van der Waals surface area contributed by atoms with Crippen LogP contribution in [0.3, 0.4) is 0 Å². The molecule has 4 rings (SSSR count). The Balaban J connectivity index is 1.45. The highest BCUT2D eigenvalue weighted by molar-refractivity contribution is 6.30. The van der Waals surface area contributed by atoms with Crippen molar-refractivity contribution in [3.8, 4) is 11.6 Å². The third-order valence-corrected chi connectivity index (χ3v) is 6.05. The first-order valence-corrected chi connectivity index (χ1v) is 11.4. The van der Waals surface area contributed by atoms with E-state index in [4.69, 9.17) is 21.1 Å². The quantitative estimate of drug-likeness (QED) is 0.509. The zero-order valence-corrected chi connectivity index (χ0v) is 20.3. The van der Waals surface area contributed by atoms with Crippen LogP contribution in [0.15, 0.2) is 54.7 Å². The molecule has 1 aromatic heterocycles. The van der Waals surface area contributed by atoms with Gasteiger partial charge in [-0.3, -0.25) is 4.79 Å². The van der Waals surface area contributed by atoms with Crippen molar-refractivity contribution in [1.82, 2.24) is 14.9 Å². The summed E-state index contributed by atoms with van der Waals surface area (Å²) in [4.78, 5) is 28.0. The fraction of sp³-hybridized carbons (Fsp3) is 0.320.